The van der Waals surface area contributed by atoms with Crippen molar-refractivity contribution in [1.29, 1.82) is 0 Å². The molecule has 0 heterocycles. The Hall–Kier alpha value is -2.09. The van der Waals surface area contributed by atoms with E-state index in [1.807, 2.05) is 56.3 Å². The first kappa shape index (κ1) is 13.3. The molecule has 0 saturated heterocycles. The molecule has 0 aliphatic heterocycles. The van der Waals surface area contributed by atoms with Crippen LogP contribution in [0.2, 0.25) is 0 Å². The van der Waals surface area contributed by atoms with E-state index < -0.39 is 0 Å². The maximum absolute atomic E-state index is 12.2. The van der Waals surface area contributed by atoms with Gasteiger partial charge in [0.2, 0.25) is 0 Å². The summed E-state index contributed by atoms with van der Waals surface area (Å²) in [6.45, 7) is 3.99. The fraction of sp³-hybridized carbons (Fsp3) is 0.235. The van der Waals surface area contributed by atoms with Crippen molar-refractivity contribution < 1.29 is 4.79 Å². The minimum absolute atomic E-state index is 0.00142. The lowest BCUT2D eigenvalue weighted by Gasteiger charge is -2.15. The summed E-state index contributed by atoms with van der Waals surface area (Å²) in [5, 5.41) is 3.05. The van der Waals surface area contributed by atoms with Crippen LogP contribution in [-0.4, -0.2) is 11.9 Å². The van der Waals surface area contributed by atoms with Gasteiger partial charge in [-0.15, -0.1) is 0 Å². The van der Waals surface area contributed by atoms with Crippen molar-refractivity contribution in [2.45, 2.75) is 26.3 Å². The van der Waals surface area contributed by atoms with Gasteiger partial charge in [0.25, 0.3) is 5.91 Å². The Morgan fingerprint density at radius 3 is 2.37 bits per heavy atom. The molecule has 1 amide bonds. The van der Waals surface area contributed by atoms with Crippen LogP contribution in [0.25, 0.3) is 0 Å². The molecule has 0 aliphatic rings. The average molecular weight is 253 g/mol. The monoisotopic (exact) mass is 253 g/mol. The fourth-order valence-electron chi connectivity index (χ4n) is 2.15. The first-order valence-electron chi connectivity index (χ1n) is 6.57. The van der Waals surface area contributed by atoms with Crippen molar-refractivity contribution in [1.82, 2.24) is 5.32 Å². The van der Waals surface area contributed by atoms with Crippen molar-refractivity contribution >= 4 is 5.91 Å². The normalized spacial score (nSPS) is 11.9. The predicted octanol–water partition coefficient (Wildman–Crippen LogP) is 3.36. The standard InChI is InChI=1S/C17H19NO/c1-13-8-6-7-11-16(13)17(19)18-14(2)12-15-9-4-3-5-10-15/h3-11,14H,12H2,1-2H3,(H,18,19). The van der Waals surface area contributed by atoms with E-state index in [1.54, 1.807) is 0 Å². The number of nitrogens with one attached hydrogen (secondary N) is 1. The molecule has 0 saturated carbocycles. The molecule has 19 heavy (non-hydrogen) atoms. The lowest BCUT2D eigenvalue weighted by Crippen LogP contribution is -2.34. The van der Waals surface area contributed by atoms with Gasteiger partial charge in [0.15, 0.2) is 0 Å². The van der Waals surface area contributed by atoms with Crippen LogP contribution in [0.5, 0.6) is 0 Å². The van der Waals surface area contributed by atoms with Gasteiger partial charge in [-0.05, 0) is 37.5 Å². The second kappa shape index (κ2) is 6.19. The molecule has 2 nitrogen and oxygen atoms in total. The lowest BCUT2D eigenvalue weighted by atomic mass is 10.1. The fourth-order valence-corrected chi connectivity index (χ4v) is 2.15. The van der Waals surface area contributed by atoms with Crippen LogP contribution in [0.3, 0.4) is 0 Å². The highest BCUT2D eigenvalue weighted by Crippen LogP contribution is 2.08. The van der Waals surface area contributed by atoms with E-state index in [0.29, 0.717) is 0 Å². The van der Waals surface area contributed by atoms with Crippen LogP contribution in [0.15, 0.2) is 54.6 Å². The predicted molar refractivity (Wildman–Crippen MR) is 78.3 cm³/mol. The van der Waals surface area contributed by atoms with Gasteiger partial charge in [-0.2, -0.15) is 0 Å². The number of carbonyl (C=O) groups excluding carboxylic acids is 1. The summed E-state index contributed by atoms with van der Waals surface area (Å²) in [4.78, 5) is 12.2. The molecular weight excluding hydrogens is 234 g/mol. The van der Waals surface area contributed by atoms with E-state index in [-0.39, 0.29) is 11.9 Å². The van der Waals surface area contributed by atoms with E-state index >= 15 is 0 Å². The molecule has 0 spiro atoms. The number of benzene rings is 2. The van der Waals surface area contributed by atoms with E-state index in [4.69, 9.17) is 0 Å². The molecule has 1 N–H and O–H groups in total. The Morgan fingerprint density at radius 1 is 1.05 bits per heavy atom. The number of carbonyl (C=O) groups is 1. The third-order valence-corrected chi connectivity index (χ3v) is 3.15. The van der Waals surface area contributed by atoms with E-state index in [0.717, 1.165) is 17.5 Å². The number of hydrogen-bond acceptors (Lipinski definition) is 1. The van der Waals surface area contributed by atoms with Gasteiger partial charge in [-0.1, -0.05) is 48.5 Å². The van der Waals surface area contributed by atoms with E-state index in [1.165, 1.54) is 5.56 Å². The minimum atomic E-state index is 0.00142. The molecular formula is C17H19NO. The third-order valence-electron chi connectivity index (χ3n) is 3.15. The van der Waals surface area contributed by atoms with Gasteiger partial charge >= 0.3 is 0 Å². The summed E-state index contributed by atoms with van der Waals surface area (Å²) >= 11 is 0. The van der Waals surface area contributed by atoms with Crippen LogP contribution < -0.4 is 5.32 Å². The number of aryl methyl sites for hydroxylation is 1. The van der Waals surface area contributed by atoms with Crippen molar-refractivity contribution in [2.75, 3.05) is 0 Å². The summed E-state index contributed by atoms with van der Waals surface area (Å²) in [6, 6.07) is 18.0. The summed E-state index contributed by atoms with van der Waals surface area (Å²) in [6.07, 6.45) is 0.846. The quantitative estimate of drug-likeness (QED) is 0.889. The van der Waals surface area contributed by atoms with Crippen LogP contribution in [0.1, 0.15) is 28.4 Å². The number of amides is 1. The van der Waals surface area contributed by atoms with Gasteiger partial charge in [0.1, 0.15) is 0 Å². The van der Waals surface area contributed by atoms with E-state index in [9.17, 15) is 4.79 Å². The maximum atomic E-state index is 12.2. The second-order valence-electron chi connectivity index (χ2n) is 4.88. The molecule has 0 fully saturated rings. The number of hydrogen-bond donors (Lipinski definition) is 1. The van der Waals surface area contributed by atoms with Gasteiger partial charge < -0.3 is 5.32 Å². The maximum Gasteiger partial charge on any atom is 0.251 e. The molecule has 0 aromatic heterocycles. The van der Waals surface area contributed by atoms with Crippen LogP contribution >= 0.6 is 0 Å². The molecule has 2 aromatic rings. The molecule has 2 heteroatoms. The van der Waals surface area contributed by atoms with Gasteiger partial charge in [-0.25, -0.2) is 0 Å². The zero-order valence-electron chi connectivity index (χ0n) is 11.4. The highest BCUT2D eigenvalue weighted by molar-refractivity contribution is 5.95. The van der Waals surface area contributed by atoms with Crippen molar-refractivity contribution in [3.63, 3.8) is 0 Å². The highest BCUT2D eigenvalue weighted by Gasteiger charge is 2.11. The Labute approximate surface area is 114 Å². The Bertz CT molecular complexity index is 548. The zero-order valence-corrected chi connectivity index (χ0v) is 11.4. The topological polar surface area (TPSA) is 29.1 Å². The summed E-state index contributed by atoms with van der Waals surface area (Å²) in [5.41, 5.74) is 2.99. The smallest absolute Gasteiger partial charge is 0.251 e. The zero-order chi connectivity index (χ0) is 13.7. The molecule has 2 rings (SSSR count). The molecule has 0 radical (unpaired) electrons. The van der Waals surface area contributed by atoms with Gasteiger partial charge in [-0.3, -0.25) is 4.79 Å². The van der Waals surface area contributed by atoms with Crippen LogP contribution in [0.4, 0.5) is 0 Å². The van der Waals surface area contributed by atoms with Crippen LogP contribution in [-0.2, 0) is 6.42 Å². The molecule has 98 valence electrons. The van der Waals surface area contributed by atoms with E-state index in [2.05, 4.69) is 17.4 Å². The van der Waals surface area contributed by atoms with Crippen molar-refractivity contribution in [2.24, 2.45) is 0 Å². The number of rotatable bonds is 4. The average Bonchev–Trinajstić information content (AvgIpc) is 2.40. The van der Waals surface area contributed by atoms with Crippen molar-refractivity contribution in [3.8, 4) is 0 Å². The van der Waals surface area contributed by atoms with Gasteiger partial charge in [0, 0.05) is 11.6 Å². The van der Waals surface area contributed by atoms with Crippen molar-refractivity contribution in [3.05, 3.63) is 71.3 Å². The molecule has 1 unspecified atom stereocenters. The van der Waals surface area contributed by atoms with Gasteiger partial charge in [0.05, 0.1) is 0 Å². The summed E-state index contributed by atoms with van der Waals surface area (Å²) in [5.74, 6) is 0.00142. The molecule has 2 aromatic carbocycles. The Kier molecular flexibility index (Phi) is 4.35. The molecule has 0 bridgehead atoms. The summed E-state index contributed by atoms with van der Waals surface area (Å²) < 4.78 is 0. The first-order valence-corrected chi connectivity index (χ1v) is 6.57. The summed E-state index contributed by atoms with van der Waals surface area (Å²) in [7, 11) is 0. The molecule has 0 aliphatic carbocycles. The second-order valence-corrected chi connectivity index (χ2v) is 4.88. The SMILES string of the molecule is Cc1ccccc1C(=O)NC(C)Cc1ccccc1. The largest absolute Gasteiger partial charge is 0.349 e. The minimum Gasteiger partial charge on any atom is -0.349 e. The lowest BCUT2D eigenvalue weighted by molar-refractivity contribution is 0.0939. The Balaban J connectivity index is 1.98. The molecule has 1 atom stereocenters. The Morgan fingerprint density at radius 2 is 1.68 bits per heavy atom. The first-order chi connectivity index (χ1) is 9.16. The third kappa shape index (κ3) is 3.68. The highest BCUT2D eigenvalue weighted by atomic mass is 16.1. The van der Waals surface area contributed by atoms with Crippen LogP contribution in [0, 0.1) is 6.92 Å².